The third-order valence-corrected chi connectivity index (χ3v) is 7.22. The number of hydrogen-bond acceptors (Lipinski definition) is 4. The quantitative estimate of drug-likeness (QED) is 0.672. The molecule has 2 atom stereocenters. The Morgan fingerprint density at radius 2 is 1.83 bits per heavy atom. The predicted molar refractivity (Wildman–Crippen MR) is 120 cm³/mol. The Morgan fingerprint density at radius 3 is 2.53 bits per heavy atom. The molecule has 2 aliphatic heterocycles. The first-order valence-electron chi connectivity index (χ1n) is 9.70. The molecule has 2 fully saturated rings. The summed E-state index contributed by atoms with van der Waals surface area (Å²) in [6.07, 6.45) is -0.643. The fraction of sp³-hybridized carbons (Fsp3) is 0.381. The van der Waals surface area contributed by atoms with Crippen molar-refractivity contribution in [3.63, 3.8) is 0 Å². The van der Waals surface area contributed by atoms with Gasteiger partial charge in [0.2, 0.25) is 0 Å². The number of carbonyl (C=O) groups is 1. The van der Waals surface area contributed by atoms with Gasteiger partial charge in [0, 0.05) is 44.8 Å². The van der Waals surface area contributed by atoms with Gasteiger partial charge in [-0.25, -0.2) is 4.39 Å². The lowest BCUT2D eigenvalue weighted by Crippen LogP contribution is -2.53. The highest BCUT2D eigenvalue weighted by Crippen LogP contribution is 2.33. The van der Waals surface area contributed by atoms with Crippen LogP contribution in [0.3, 0.4) is 0 Å². The number of halogens is 4. The Bertz CT molecular complexity index is 956. The van der Waals surface area contributed by atoms with E-state index in [0.29, 0.717) is 21.1 Å². The molecule has 4 rings (SSSR count). The predicted octanol–water partition coefficient (Wildman–Crippen LogP) is 3.90. The van der Waals surface area contributed by atoms with Crippen molar-refractivity contribution in [2.75, 3.05) is 44.2 Å². The van der Waals surface area contributed by atoms with E-state index in [4.69, 9.17) is 23.2 Å². The second kappa shape index (κ2) is 9.01. The molecular weight excluding hydrogens is 496 g/mol. The summed E-state index contributed by atoms with van der Waals surface area (Å²) in [4.78, 5) is 18.7. The van der Waals surface area contributed by atoms with Crippen LogP contribution in [0.25, 0.3) is 0 Å². The van der Waals surface area contributed by atoms with Crippen LogP contribution in [0.5, 0.6) is 0 Å². The lowest BCUT2D eigenvalue weighted by Gasteiger charge is -2.40. The smallest absolute Gasteiger partial charge is 0.254 e. The molecule has 2 saturated heterocycles. The molecular formula is C21H21BrCl2FN3O2. The van der Waals surface area contributed by atoms with Crippen molar-refractivity contribution < 1.29 is 14.3 Å². The maximum atomic E-state index is 13.8. The number of β-amino-alcohol motifs (C(OH)–C–C–N with tert-alkyl or cyclic N) is 1. The van der Waals surface area contributed by atoms with Gasteiger partial charge in [-0.3, -0.25) is 9.69 Å². The lowest BCUT2D eigenvalue weighted by atomic mass is 10.1. The number of hydrogen-bond donors (Lipinski definition) is 1. The number of anilines is 1. The highest BCUT2D eigenvalue weighted by atomic mass is 79.9. The standard InChI is InChI=1S/C21H21BrCl2FN3O2/c22-14-5-4-13(10-16(14)25)21(30)28-11-18(19(29)12-28)27-8-6-26(7-9-27)17-3-1-2-15(23)20(17)24/h1-5,10,18-19,29H,6-9,11-12H2/t18-,19-/m0/s1. The van der Waals surface area contributed by atoms with E-state index in [9.17, 15) is 14.3 Å². The number of aliphatic hydroxyl groups excluding tert-OH is 1. The number of nitrogens with zero attached hydrogens (tertiary/aromatic N) is 3. The summed E-state index contributed by atoms with van der Waals surface area (Å²) in [7, 11) is 0. The van der Waals surface area contributed by atoms with Crippen molar-refractivity contribution >= 4 is 50.7 Å². The maximum absolute atomic E-state index is 13.8. The van der Waals surface area contributed by atoms with Gasteiger partial charge in [0.25, 0.3) is 5.91 Å². The average Bonchev–Trinajstić information content (AvgIpc) is 3.13. The van der Waals surface area contributed by atoms with E-state index in [1.54, 1.807) is 17.0 Å². The van der Waals surface area contributed by atoms with Crippen LogP contribution in [-0.2, 0) is 0 Å². The van der Waals surface area contributed by atoms with Crippen molar-refractivity contribution in [2.45, 2.75) is 12.1 Å². The first-order valence-corrected chi connectivity index (χ1v) is 11.3. The fourth-order valence-corrected chi connectivity index (χ4v) is 4.80. The van der Waals surface area contributed by atoms with Crippen molar-refractivity contribution in [2.24, 2.45) is 0 Å². The van der Waals surface area contributed by atoms with Gasteiger partial charge in [-0.15, -0.1) is 0 Å². The minimum atomic E-state index is -0.643. The first-order chi connectivity index (χ1) is 14.3. The van der Waals surface area contributed by atoms with Crippen LogP contribution in [0, 0.1) is 5.82 Å². The maximum Gasteiger partial charge on any atom is 0.254 e. The minimum Gasteiger partial charge on any atom is -0.390 e. The Balaban J connectivity index is 1.39. The van der Waals surface area contributed by atoms with E-state index in [2.05, 4.69) is 25.7 Å². The minimum absolute atomic E-state index is 0.147. The van der Waals surface area contributed by atoms with Gasteiger partial charge in [-0.1, -0.05) is 29.3 Å². The molecule has 0 radical (unpaired) electrons. The van der Waals surface area contributed by atoms with Crippen LogP contribution < -0.4 is 4.90 Å². The molecule has 1 amide bonds. The van der Waals surface area contributed by atoms with Crippen LogP contribution in [-0.4, -0.2) is 72.2 Å². The summed E-state index contributed by atoms with van der Waals surface area (Å²) in [6.45, 7) is 3.61. The Hall–Kier alpha value is -1.38. The topological polar surface area (TPSA) is 47.0 Å². The van der Waals surface area contributed by atoms with Gasteiger partial charge < -0.3 is 14.9 Å². The summed E-state index contributed by atoms with van der Waals surface area (Å²) in [6, 6.07) is 9.78. The number of likely N-dealkylation sites (tertiary alicyclic amines) is 1. The first kappa shape index (κ1) is 21.8. The van der Waals surface area contributed by atoms with Crippen molar-refractivity contribution in [3.8, 4) is 0 Å². The van der Waals surface area contributed by atoms with Crippen LogP contribution in [0.1, 0.15) is 10.4 Å². The largest absolute Gasteiger partial charge is 0.390 e. The van der Waals surface area contributed by atoms with E-state index in [0.717, 1.165) is 31.9 Å². The average molecular weight is 517 g/mol. The summed E-state index contributed by atoms with van der Waals surface area (Å²) >= 11 is 15.6. The molecule has 1 N–H and O–H groups in total. The summed E-state index contributed by atoms with van der Waals surface area (Å²) < 4.78 is 14.1. The normalized spacial score (nSPS) is 22.6. The monoisotopic (exact) mass is 515 g/mol. The molecule has 2 heterocycles. The van der Waals surface area contributed by atoms with Crippen LogP contribution >= 0.6 is 39.1 Å². The molecule has 9 heteroatoms. The molecule has 0 aromatic heterocycles. The number of rotatable bonds is 3. The number of benzene rings is 2. The Kier molecular flexibility index (Phi) is 6.55. The van der Waals surface area contributed by atoms with E-state index >= 15 is 0 Å². The molecule has 0 aliphatic carbocycles. The summed E-state index contributed by atoms with van der Waals surface area (Å²) in [5, 5.41) is 11.7. The molecule has 2 aromatic carbocycles. The van der Waals surface area contributed by atoms with Crippen molar-refractivity contribution in [1.82, 2.24) is 9.80 Å². The van der Waals surface area contributed by atoms with Gasteiger partial charge in [0.15, 0.2) is 0 Å². The second-order valence-corrected chi connectivity index (χ2v) is 9.21. The molecule has 2 aromatic rings. The highest BCUT2D eigenvalue weighted by molar-refractivity contribution is 9.10. The van der Waals surface area contributed by atoms with Crippen molar-refractivity contribution in [1.29, 1.82) is 0 Å². The highest BCUT2D eigenvalue weighted by Gasteiger charge is 2.39. The molecule has 5 nitrogen and oxygen atoms in total. The zero-order chi connectivity index (χ0) is 21.4. The van der Waals surface area contributed by atoms with E-state index < -0.39 is 11.9 Å². The Morgan fingerprint density at radius 1 is 1.10 bits per heavy atom. The summed E-state index contributed by atoms with van der Waals surface area (Å²) in [5.74, 6) is -0.750. The molecule has 0 unspecified atom stereocenters. The van der Waals surface area contributed by atoms with Gasteiger partial charge >= 0.3 is 0 Å². The van der Waals surface area contributed by atoms with E-state index in [1.807, 2.05) is 12.1 Å². The van der Waals surface area contributed by atoms with E-state index in [-0.39, 0.29) is 24.1 Å². The van der Waals surface area contributed by atoms with Crippen LogP contribution in [0.2, 0.25) is 10.0 Å². The number of amides is 1. The number of carbonyl (C=O) groups excluding carboxylic acids is 1. The van der Waals surface area contributed by atoms with Crippen LogP contribution in [0.4, 0.5) is 10.1 Å². The van der Waals surface area contributed by atoms with Gasteiger partial charge in [-0.05, 0) is 46.3 Å². The van der Waals surface area contributed by atoms with E-state index in [1.165, 1.54) is 12.1 Å². The SMILES string of the molecule is O=C(c1ccc(Br)c(F)c1)N1C[C@H](O)[C@@H](N2CCN(c3cccc(Cl)c3Cl)CC2)C1. The zero-order valence-corrected chi connectivity index (χ0v) is 19.2. The molecule has 0 saturated carbocycles. The molecule has 30 heavy (non-hydrogen) atoms. The zero-order valence-electron chi connectivity index (χ0n) is 16.1. The van der Waals surface area contributed by atoms with Gasteiger partial charge in [0.05, 0.1) is 32.4 Å². The lowest BCUT2D eigenvalue weighted by molar-refractivity contribution is 0.0754. The second-order valence-electron chi connectivity index (χ2n) is 7.57. The Labute approximate surface area is 193 Å². The number of piperazine rings is 1. The molecule has 160 valence electrons. The molecule has 2 aliphatic rings. The van der Waals surface area contributed by atoms with Gasteiger partial charge in [-0.2, -0.15) is 0 Å². The molecule has 0 spiro atoms. The fourth-order valence-electron chi connectivity index (χ4n) is 4.14. The summed E-state index contributed by atoms with van der Waals surface area (Å²) in [5.41, 5.74) is 1.19. The number of aliphatic hydroxyl groups is 1. The van der Waals surface area contributed by atoms with Gasteiger partial charge in [0.1, 0.15) is 5.82 Å². The van der Waals surface area contributed by atoms with Crippen molar-refractivity contribution in [3.05, 3.63) is 62.3 Å². The molecule has 0 bridgehead atoms. The third-order valence-electron chi connectivity index (χ3n) is 5.77. The van der Waals surface area contributed by atoms with Crippen LogP contribution in [0.15, 0.2) is 40.9 Å². The third kappa shape index (κ3) is 4.32.